The SMILES string of the molecule is CC(=O)Nc1nc(CCc2csc(CCCOS(C)(=O)=O)c2)cs1. The van der Waals surface area contributed by atoms with Crippen molar-refractivity contribution in [1.29, 1.82) is 0 Å². The minimum atomic E-state index is -3.35. The number of carbonyl (C=O) groups excluding carboxylic acids is 1. The second-order valence-electron chi connectivity index (χ2n) is 5.38. The second-order valence-corrected chi connectivity index (χ2v) is 8.87. The van der Waals surface area contributed by atoms with Gasteiger partial charge >= 0.3 is 0 Å². The molecule has 6 nitrogen and oxygen atoms in total. The molecule has 0 fully saturated rings. The van der Waals surface area contributed by atoms with E-state index in [1.54, 1.807) is 11.3 Å². The van der Waals surface area contributed by atoms with Crippen molar-refractivity contribution in [3.8, 4) is 0 Å². The summed E-state index contributed by atoms with van der Waals surface area (Å²) in [5.74, 6) is -0.113. The van der Waals surface area contributed by atoms with Crippen LogP contribution in [-0.4, -0.2) is 32.2 Å². The summed E-state index contributed by atoms with van der Waals surface area (Å²) >= 11 is 3.11. The molecular weight excluding hydrogens is 368 g/mol. The van der Waals surface area contributed by atoms with Crippen LogP contribution >= 0.6 is 22.7 Å². The maximum atomic E-state index is 11.0. The first-order valence-electron chi connectivity index (χ1n) is 7.44. The van der Waals surface area contributed by atoms with Gasteiger partial charge in [-0.1, -0.05) is 0 Å². The molecule has 0 aliphatic carbocycles. The van der Waals surface area contributed by atoms with Crippen LogP contribution in [0.2, 0.25) is 0 Å². The third-order valence-corrected chi connectivity index (χ3v) is 5.52. The lowest BCUT2D eigenvalue weighted by atomic mass is 10.1. The number of rotatable bonds is 9. The Morgan fingerprint density at radius 1 is 1.25 bits per heavy atom. The second kappa shape index (κ2) is 8.70. The van der Waals surface area contributed by atoms with Crippen molar-refractivity contribution in [3.63, 3.8) is 0 Å². The van der Waals surface area contributed by atoms with E-state index >= 15 is 0 Å². The number of aromatic nitrogens is 1. The lowest BCUT2D eigenvalue weighted by Crippen LogP contribution is -2.05. The van der Waals surface area contributed by atoms with Gasteiger partial charge < -0.3 is 5.32 Å². The Morgan fingerprint density at radius 2 is 2.04 bits per heavy atom. The molecule has 132 valence electrons. The van der Waals surface area contributed by atoms with E-state index in [1.165, 1.54) is 28.7 Å². The molecule has 2 aromatic rings. The molecule has 0 bridgehead atoms. The average molecular weight is 389 g/mol. The number of aryl methyl sites for hydroxylation is 3. The van der Waals surface area contributed by atoms with Crippen molar-refractivity contribution in [1.82, 2.24) is 4.98 Å². The van der Waals surface area contributed by atoms with E-state index < -0.39 is 10.1 Å². The van der Waals surface area contributed by atoms with Gasteiger partial charge in [-0.25, -0.2) is 4.98 Å². The van der Waals surface area contributed by atoms with Crippen LogP contribution in [0.3, 0.4) is 0 Å². The van der Waals surface area contributed by atoms with Crippen LogP contribution in [0.5, 0.6) is 0 Å². The molecule has 0 aromatic carbocycles. The van der Waals surface area contributed by atoms with Crippen molar-refractivity contribution in [3.05, 3.63) is 33.0 Å². The Morgan fingerprint density at radius 3 is 2.75 bits per heavy atom. The quantitative estimate of drug-likeness (QED) is 0.527. The average Bonchev–Trinajstić information content (AvgIpc) is 3.09. The summed E-state index contributed by atoms with van der Waals surface area (Å²) in [6.07, 6.45) is 4.26. The predicted molar refractivity (Wildman–Crippen MR) is 97.3 cm³/mol. The first-order valence-corrected chi connectivity index (χ1v) is 11.0. The van der Waals surface area contributed by atoms with E-state index in [4.69, 9.17) is 4.18 Å². The third-order valence-electron chi connectivity index (χ3n) is 3.08. The molecule has 9 heteroatoms. The van der Waals surface area contributed by atoms with E-state index in [0.717, 1.165) is 31.2 Å². The first kappa shape index (κ1) is 19.0. The number of anilines is 1. The molecule has 0 aliphatic rings. The summed E-state index contributed by atoms with van der Waals surface area (Å²) in [7, 11) is -3.35. The van der Waals surface area contributed by atoms with Crippen molar-refractivity contribution >= 4 is 43.8 Å². The largest absolute Gasteiger partial charge is 0.302 e. The molecule has 0 atom stereocenters. The number of carbonyl (C=O) groups is 1. The van der Waals surface area contributed by atoms with Crippen LogP contribution in [0.15, 0.2) is 16.8 Å². The fourth-order valence-corrected chi connectivity index (χ4v) is 4.23. The minimum absolute atomic E-state index is 0.113. The fourth-order valence-electron chi connectivity index (χ4n) is 2.05. The smallest absolute Gasteiger partial charge is 0.264 e. The van der Waals surface area contributed by atoms with Crippen LogP contribution in [0.1, 0.15) is 29.5 Å². The number of thiazole rings is 1. The summed E-state index contributed by atoms with van der Waals surface area (Å²) in [5.41, 5.74) is 2.21. The van der Waals surface area contributed by atoms with Gasteiger partial charge in [-0.2, -0.15) is 8.42 Å². The Labute approximate surface area is 150 Å². The normalized spacial score (nSPS) is 11.6. The van der Waals surface area contributed by atoms with E-state index in [2.05, 4.69) is 21.7 Å². The Hall–Kier alpha value is -1.29. The molecule has 1 amide bonds. The molecule has 2 rings (SSSR count). The van der Waals surface area contributed by atoms with E-state index in [-0.39, 0.29) is 12.5 Å². The molecule has 0 saturated carbocycles. The first-order chi connectivity index (χ1) is 11.3. The molecule has 1 N–H and O–H groups in total. The van der Waals surface area contributed by atoms with E-state index in [0.29, 0.717) is 11.6 Å². The fraction of sp³-hybridized carbons (Fsp3) is 0.467. The molecule has 0 aliphatic heterocycles. The summed E-state index contributed by atoms with van der Waals surface area (Å²) in [5, 5.41) is 7.39. The number of hydrogen-bond donors (Lipinski definition) is 1. The minimum Gasteiger partial charge on any atom is -0.302 e. The van der Waals surface area contributed by atoms with Crippen LogP contribution in [0, 0.1) is 0 Å². The Bertz CT molecular complexity index is 780. The molecule has 2 aromatic heterocycles. The number of hydrogen-bond acceptors (Lipinski definition) is 7. The monoisotopic (exact) mass is 388 g/mol. The van der Waals surface area contributed by atoms with Gasteiger partial charge in [0.15, 0.2) is 5.13 Å². The summed E-state index contributed by atoms with van der Waals surface area (Å²) in [6.45, 7) is 1.69. The van der Waals surface area contributed by atoms with Gasteiger partial charge in [0.25, 0.3) is 10.1 Å². The molecule has 0 saturated heterocycles. The van der Waals surface area contributed by atoms with Crippen molar-refractivity contribution in [2.24, 2.45) is 0 Å². The molecule has 0 unspecified atom stereocenters. The zero-order valence-corrected chi connectivity index (χ0v) is 16.0. The highest BCUT2D eigenvalue weighted by Crippen LogP contribution is 2.20. The van der Waals surface area contributed by atoms with Gasteiger partial charge in [-0.05, 0) is 42.7 Å². The highest BCUT2D eigenvalue weighted by Gasteiger charge is 2.06. The Kier molecular flexibility index (Phi) is 6.90. The van der Waals surface area contributed by atoms with E-state index in [9.17, 15) is 13.2 Å². The molecule has 0 radical (unpaired) electrons. The number of nitrogens with zero attached hydrogens (tertiary/aromatic N) is 1. The summed E-state index contributed by atoms with van der Waals surface area (Å²) < 4.78 is 26.5. The Balaban J connectivity index is 1.75. The molecule has 0 spiro atoms. The van der Waals surface area contributed by atoms with Gasteiger partial charge in [0.05, 0.1) is 18.6 Å². The highest BCUT2D eigenvalue weighted by molar-refractivity contribution is 7.85. The zero-order valence-electron chi connectivity index (χ0n) is 13.6. The lowest BCUT2D eigenvalue weighted by Gasteiger charge is -1.99. The van der Waals surface area contributed by atoms with Crippen molar-refractivity contribution < 1.29 is 17.4 Å². The molecule has 24 heavy (non-hydrogen) atoms. The van der Waals surface area contributed by atoms with Crippen LogP contribution in [0.25, 0.3) is 0 Å². The lowest BCUT2D eigenvalue weighted by molar-refractivity contribution is -0.114. The standard InChI is InChI=1S/C15H20N2O4S3/c1-11(18)16-15-17-13(10-23-15)6-5-12-8-14(22-9-12)4-3-7-21-24(2,19)20/h8-10H,3-7H2,1-2H3,(H,16,17,18). The topological polar surface area (TPSA) is 85.4 Å². The number of amides is 1. The number of thiophene rings is 1. The van der Waals surface area contributed by atoms with E-state index in [1.807, 2.05) is 5.38 Å². The van der Waals surface area contributed by atoms with Gasteiger partial charge in [-0.3, -0.25) is 8.98 Å². The maximum Gasteiger partial charge on any atom is 0.264 e. The summed E-state index contributed by atoms with van der Waals surface area (Å²) in [6, 6.07) is 2.15. The van der Waals surface area contributed by atoms with Crippen LogP contribution < -0.4 is 5.32 Å². The maximum absolute atomic E-state index is 11.0. The predicted octanol–water partition coefficient (Wildman–Crippen LogP) is 2.86. The van der Waals surface area contributed by atoms with Gasteiger partial charge in [0.2, 0.25) is 5.91 Å². The zero-order chi connectivity index (χ0) is 17.6. The molecular formula is C15H20N2O4S3. The summed E-state index contributed by atoms with van der Waals surface area (Å²) in [4.78, 5) is 16.6. The van der Waals surface area contributed by atoms with Gasteiger partial charge in [0, 0.05) is 17.2 Å². The third kappa shape index (κ3) is 7.08. The van der Waals surface area contributed by atoms with Crippen molar-refractivity contribution in [2.75, 3.05) is 18.2 Å². The number of nitrogens with one attached hydrogen (secondary N) is 1. The van der Waals surface area contributed by atoms with Gasteiger partial charge in [0.1, 0.15) is 0 Å². The van der Waals surface area contributed by atoms with Crippen LogP contribution in [0.4, 0.5) is 5.13 Å². The highest BCUT2D eigenvalue weighted by atomic mass is 32.2. The van der Waals surface area contributed by atoms with Crippen molar-refractivity contribution in [2.45, 2.75) is 32.6 Å². The van der Waals surface area contributed by atoms with Crippen LogP contribution in [-0.2, 0) is 38.4 Å². The molecule has 2 heterocycles. The van der Waals surface area contributed by atoms with Gasteiger partial charge in [-0.15, -0.1) is 22.7 Å².